The third-order valence-corrected chi connectivity index (χ3v) is 2.78. The summed E-state index contributed by atoms with van der Waals surface area (Å²) in [5.74, 6) is 1.16. The van der Waals surface area contributed by atoms with Crippen molar-refractivity contribution in [2.45, 2.75) is 39.2 Å². The lowest BCUT2D eigenvalue weighted by Gasteiger charge is -2.20. The first-order valence-corrected chi connectivity index (χ1v) is 6.54. The summed E-state index contributed by atoms with van der Waals surface area (Å²) < 4.78 is 7.55. The fourth-order valence-electron chi connectivity index (χ4n) is 1.97. The highest BCUT2D eigenvalue weighted by Gasteiger charge is 2.13. The first kappa shape index (κ1) is 14.2. The molecule has 1 atom stereocenters. The molecule has 0 aromatic carbocycles. The molecule has 0 amide bonds. The van der Waals surface area contributed by atoms with E-state index < -0.39 is 0 Å². The molecule has 4 heteroatoms. The van der Waals surface area contributed by atoms with Crippen LogP contribution in [-0.4, -0.2) is 36.4 Å². The number of ether oxygens (including phenoxy) is 1. The van der Waals surface area contributed by atoms with Gasteiger partial charge in [0, 0.05) is 32.5 Å². The van der Waals surface area contributed by atoms with Crippen LogP contribution in [0.1, 0.15) is 38.6 Å². The van der Waals surface area contributed by atoms with Crippen molar-refractivity contribution in [1.82, 2.24) is 14.9 Å². The van der Waals surface area contributed by atoms with E-state index in [1.54, 1.807) is 7.11 Å². The van der Waals surface area contributed by atoms with E-state index in [2.05, 4.69) is 34.9 Å². The zero-order valence-electron chi connectivity index (χ0n) is 11.3. The first-order chi connectivity index (χ1) is 8.33. The summed E-state index contributed by atoms with van der Waals surface area (Å²) in [4.78, 5) is 4.42. The summed E-state index contributed by atoms with van der Waals surface area (Å²) in [5, 5.41) is 3.45. The highest BCUT2D eigenvalue weighted by Crippen LogP contribution is 2.11. The van der Waals surface area contributed by atoms with Gasteiger partial charge in [0.2, 0.25) is 0 Å². The molecule has 1 aromatic heterocycles. The smallest absolute Gasteiger partial charge is 0.108 e. The van der Waals surface area contributed by atoms with Crippen molar-refractivity contribution in [3.05, 3.63) is 18.2 Å². The van der Waals surface area contributed by atoms with Gasteiger partial charge >= 0.3 is 0 Å². The number of aryl methyl sites for hydroxylation is 1. The topological polar surface area (TPSA) is 39.1 Å². The highest BCUT2D eigenvalue weighted by molar-refractivity contribution is 4.96. The molecule has 0 fully saturated rings. The average molecular weight is 239 g/mol. The fraction of sp³-hybridized carbons (Fsp3) is 0.769. The average Bonchev–Trinajstić information content (AvgIpc) is 2.77. The lowest BCUT2D eigenvalue weighted by Crippen LogP contribution is -2.29. The third kappa shape index (κ3) is 4.48. The van der Waals surface area contributed by atoms with Crippen LogP contribution in [0.3, 0.4) is 0 Å². The molecule has 1 unspecified atom stereocenters. The molecular formula is C13H25N3O. The zero-order chi connectivity index (χ0) is 12.5. The number of nitrogens with one attached hydrogen (secondary N) is 1. The number of methoxy groups -OCH3 is 1. The molecule has 1 heterocycles. The molecule has 4 nitrogen and oxygen atoms in total. The highest BCUT2D eigenvalue weighted by atomic mass is 16.5. The molecule has 1 aromatic rings. The van der Waals surface area contributed by atoms with Gasteiger partial charge in [-0.2, -0.15) is 0 Å². The fourth-order valence-corrected chi connectivity index (χ4v) is 1.97. The number of nitrogens with zero attached hydrogens (tertiary/aromatic N) is 2. The molecular weight excluding hydrogens is 214 g/mol. The van der Waals surface area contributed by atoms with Crippen LogP contribution >= 0.6 is 0 Å². The number of imidazole rings is 1. The number of hydrogen-bond donors (Lipinski definition) is 1. The van der Waals surface area contributed by atoms with Crippen molar-refractivity contribution in [3.63, 3.8) is 0 Å². The van der Waals surface area contributed by atoms with Gasteiger partial charge in [-0.15, -0.1) is 0 Å². The summed E-state index contributed by atoms with van der Waals surface area (Å²) in [6, 6.07) is 0.343. The van der Waals surface area contributed by atoms with Crippen LogP contribution in [0.4, 0.5) is 0 Å². The van der Waals surface area contributed by atoms with E-state index in [1.807, 2.05) is 6.20 Å². The second kappa shape index (κ2) is 8.25. The second-order valence-corrected chi connectivity index (χ2v) is 4.31. The van der Waals surface area contributed by atoms with Gasteiger partial charge in [0.05, 0.1) is 12.6 Å². The van der Waals surface area contributed by atoms with Gasteiger partial charge in [-0.3, -0.25) is 0 Å². The Morgan fingerprint density at radius 3 is 2.88 bits per heavy atom. The Labute approximate surface area is 104 Å². The van der Waals surface area contributed by atoms with Crippen molar-refractivity contribution in [1.29, 1.82) is 0 Å². The lowest BCUT2D eigenvalue weighted by atomic mass is 10.2. The third-order valence-electron chi connectivity index (χ3n) is 2.78. The number of rotatable bonds is 9. The van der Waals surface area contributed by atoms with E-state index in [9.17, 15) is 0 Å². The molecule has 0 aliphatic heterocycles. The Morgan fingerprint density at radius 2 is 2.24 bits per heavy atom. The van der Waals surface area contributed by atoms with Gasteiger partial charge < -0.3 is 14.6 Å². The van der Waals surface area contributed by atoms with Crippen LogP contribution in [0.15, 0.2) is 12.4 Å². The van der Waals surface area contributed by atoms with Gasteiger partial charge in [-0.25, -0.2) is 4.98 Å². The normalized spacial score (nSPS) is 12.9. The van der Waals surface area contributed by atoms with Gasteiger partial charge in [-0.1, -0.05) is 13.8 Å². The van der Waals surface area contributed by atoms with E-state index in [1.165, 1.54) is 0 Å². The second-order valence-electron chi connectivity index (χ2n) is 4.31. The van der Waals surface area contributed by atoms with Crippen molar-refractivity contribution in [2.75, 3.05) is 26.8 Å². The Hall–Kier alpha value is -0.870. The minimum Gasteiger partial charge on any atom is -0.382 e. The Balaban J connectivity index is 2.63. The SMILES string of the molecule is CCCNCC(COC)n1ccnc1CCC. The van der Waals surface area contributed by atoms with Crippen LogP contribution < -0.4 is 5.32 Å². The standard InChI is InChI=1S/C13H25N3O/c1-4-6-13-15-8-9-16(13)12(11-17-3)10-14-7-5-2/h8-9,12,14H,4-7,10-11H2,1-3H3. The van der Waals surface area contributed by atoms with Crippen molar-refractivity contribution in [3.8, 4) is 0 Å². The maximum absolute atomic E-state index is 5.30. The van der Waals surface area contributed by atoms with Crippen LogP contribution in [0.25, 0.3) is 0 Å². The molecule has 0 radical (unpaired) electrons. The summed E-state index contributed by atoms with van der Waals surface area (Å²) in [6.07, 6.45) is 7.25. The molecule has 0 aliphatic carbocycles. The van der Waals surface area contributed by atoms with Gasteiger partial charge in [0.25, 0.3) is 0 Å². The van der Waals surface area contributed by atoms with Crippen LogP contribution in [0, 0.1) is 0 Å². The van der Waals surface area contributed by atoms with Crippen LogP contribution in [0.5, 0.6) is 0 Å². The largest absolute Gasteiger partial charge is 0.382 e. The van der Waals surface area contributed by atoms with E-state index >= 15 is 0 Å². The van der Waals surface area contributed by atoms with Crippen LogP contribution in [0.2, 0.25) is 0 Å². The molecule has 0 saturated heterocycles. The molecule has 1 N–H and O–H groups in total. The minimum absolute atomic E-state index is 0.343. The summed E-state index contributed by atoms with van der Waals surface area (Å²) in [5.41, 5.74) is 0. The van der Waals surface area contributed by atoms with Crippen molar-refractivity contribution >= 4 is 0 Å². The van der Waals surface area contributed by atoms with E-state index in [4.69, 9.17) is 4.74 Å². The Bertz CT molecular complexity index is 299. The van der Waals surface area contributed by atoms with Gasteiger partial charge in [0.1, 0.15) is 5.82 Å². The van der Waals surface area contributed by atoms with Crippen molar-refractivity contribution in [2.24, 2.45) is 0 Å². The predicted octanol–water partition coefficient (Wildman–Crippen LogP) is 2.02. The molecule has 1 rings (SSSR count). The molecule has 0 spiro atoms. The Morgan fingerprint density at radius 1 is 1.41 bits per heavy atom. The van der Waals surface area contributed by atoms with Crippen LogP contribution in [-0.2, 0) is 11.2 Å². The molecule has 98 valence electrons. The first-order valence-electron chi connectivity index (χ1n) is 6.54. The molecule has 17 heavy (non-hydrogen) atoms. The minimum atomic E-state index is 0.343. The van der Waals surface area contributed by atoms with Gasteiger partial charge in [0.15, 0.2) is 0 Å². The summed E-state index contributed by atoms with van der Waals surface area (Å²) in [6.45, 7) is 7.08. The maximum Gasteiger partial charge on any atom is 0.108 e. The quantitative estimate of drug-likeness (QED) is 0.670. The Kier molecular flexibility index (Phi) is 6.89. The number of hydrogen-bond acceptors (Lipinski definition) is 3. The van der Waals surface area contributed by atoms with Gasteiger partial charge in [-0.05, 0) is 19.4 Å². The maximum atomic E-state index is 5.30. The van der Waals surface area contributed by atoms with E-state index in [0.29, 0.717) is 6.04 Å². The van der Waals surface area contributed by atoms with Crippen molar-refractivity contribution < 1.29 is 4.74 Å². The summed E-state index contributed by atoms with van der Waals surface area (Å²) >= 11 is 0. The molecule has 0 aliphatic rings. The summed E-state index contributed by atoms with van der Waals surface area (Å²) in [7, 11) is 1.75. The zero-order valence-corrected chi connectivity index (χ0v) is 11.3. The monoisotopic (exact) mass is 239 g/mol. The van der Waals surface area contributed by atoms with E-state index in [0.717, 1.165) is 44.8 Å². The number of aromatic nitrogens is 2. The lowest BCUT2D eigenvalue weighted by molar-refractivity contribution is 0.152. The predicted molar refractivity (Wildman–Crippen MR) is 70.3 cm³/mol. The van der Waals surface area contributed by atoms with E-state index in [-0.39, 0.29) is 0 Å². The molecule has 0 bridgehead atoms. The molecule has 0 saturated carbocycles.